The zero-order valence-electron chi connectivity index (χ0n) is 14.9. The third-order valence-corrected chi connectivity index (χ3v) is 4.33. The van der Waals surface area contributed by atoms with Gasteiger partial charge in [-0.25, -0.2) is 9.97 Å². The third kappa shape index (κ3) is 4.40. The van der Waals surface area contributed by atoms with Gasteiger partial charge in [-0.05, 0) is 31.7 Å². The molecule has 3 rings (SSSR count). The number of nitrogens with one attached hydrogen (secondary N) is 1. The first-order valence-corrected chi connectivity index (χ1v) is 8.50. The number of benzene rings is 1. The molecule has 1 saturated heterocycles. The number of nitrogens with zero attached hydrogens (tertiary/aromatic N) is 4. The maximum atomic E-state index is 10.9. The highest BCUT2D eigenvalue weighted by Crippen LogP contribution is 2.28. The van der Waals surface area contributed by atoms with Gasteiger partial charge in [-0.2, -0.15) is 0 Å². The summed E-state index contributed by atoms with van der Waals surface area (Å²) in [5, 5.41) is 22.1. The quantitative estimate of drug-likeness (QED) is 0.694. The molecule has 138 valence electrons. The largest absolute Gasteiger partial charge is 0.506 e. The molecule has 26 heavy (non-hydrogen) atoms. The van der Waals surface area contributed by atoms with Gasteiger partial charge < -0.3 is 25.3 Å². The van der Waals surface area contributed by atoms with Crippen molar-refractivity contribution in [2.75, 3.05) is 43.4 Å². The monoisotopic (exact) mass is 357 g/mol. The normalized spacial score (nSPS) is 15.1. The summed E-state index contributed by atoms with van der Waals surface area (Å²) in [4.78, 5) is 24.3. The van der Waals surface area contributed by atoms with Crippen LogP contribution in [0.15, 0.2) is 24.3 Å². The SMILES string of the molecule is Cc1nc(Nc2cc(CC(=O)O)ccc2O)cc(N2CCN(C)CC2)n1. The fraction of sp³-hybridized carbons (Fsp3) is 0.389. The number of hydrogen-bond donors (Lipinski definition) is 3. The van der Waals surface area contributed by atoms with Crippen LogP contribution in [0.3, 0.4) is 0 Å². The Morgan fingerprint density at radius 3 is 2.62 bits per heavy atom. The van der Waals surface area contributed by atoms with E-state index >= 15 is 0 Å². The van der Waals surface area contributed by atoms with Crippen molar-refractivity contribution >= 4 is 23.3 Å². The highest BCUT2D eigenvalue weighted by atomic mass is 16.4. The van der Waals surface area contributed by atoms with Crippen molar-refractivity contribution in [3.8, 4) is 5.75 Å². The third-order valence-electron chi connectivity index (χ3n) is 4.33. The lowest BCUT2D eigenvalue weighted by Gasteiger charge is -2.33. The fourth-order valence-electron chi connectivity index (χ4n) is 2.92. The Kier molecular flexibility index (Phi) is 5.22. The van der Waals surface area contributed by atoms with Crippen molar-refractivity contribution in [2.24, 2.45) is 0 Å². The van der Waals surface area contributed by atoms with E-state index in [1.54, 1.807) is 12.1 Å². The topological polar surface area (TPSA) is 102 Å². The van der Waals surface area contributed by atoms with Gasteiger partial charge in [0.15, 0.2) is 0 Å². The number of carboxylic acids is 1. The zero-order valence-corrected chi connectivity index (χ0v) is 14.9. The second-order valence-electron chi connectivity index (χ2n) is 6.50. The van der Waals surface area contributed by atoms with Gasteiger partial charge in [-0.1, -0.05) is 6.07 Å². The zero-order chi connectivity index (χ0) is 18.7. The van der Waals surface area contributed by atoms with E-state index in [0.29, 0.717) is 22.9 Å². The molecule has 0 spiro atoms. The molecule has 0 bridgehead atoms. The van der Waals surface area contributed by atoms with Crippen LogP contribution in [0.1, 0.15) is 11.4 Å². The number of aromatic nitrogens is 2. The van der Waals surface area contributed by atoms with Crippen LogP contribution in [0, 0.1) is 6.92 Å². The molecule has 0 amide bonds. The summed E-state index contributed by atoms with van der Waals surface area (Å²) in [6, 6.07) is 6.55. The second kappa shape index (κ2) is 7.57. The number of carboxylic acid groups (broad SMARTS) is 1. The number of carbonyl (C=O) groups is 1. The van der Waals surface area contributed by atoms with E-state index in [1.165, 1.54) is 6.07 Å². The summed E-state index contributed by atoms with van der Waals surface area (Å²) in [5.74, 6) is 1.15. The van der Waals surface area contributed by atoms with E-state index in [9.17, 15) is 9.90 Å². The number of hydrogen-bond acceptors (Lipinski definition) is 7. The molecule has 2 aromatic rings. The van der Waals surface area contributed by atoms with Crippen molar-refractivity contribution in [3.63, 3.8) is 0 Å². The minimum Gasteiger partial charge on any atom is -0.506 e. The number of phenols is 1. The van der Waals surface area contributed by atoms with Crippen molar-refractivity contribution in [1.29, 1.82) is 0 Å². The van der Waals surface area contributed by atoms with E-state index in [-0.39, 0.29) is 12.2 Å². The van der Waals surface area contributed by atoms with Gasteiger partial charge in [0.25, 0.3) is 0 Å². The van der Waals surface area contributed by atoms with Gasteiger partial charge in [0.2, 0.25) is 0 Å². The van der Waals surface area contributed by atoms with Crippen LogP contribution < -0.4 is 10.2 Å². The molecule has 0 unspecified atom stereocenters. The Bertz CT molecular complexity index is 803. The summed E-state index contributed by atoms with van der Waals surface area (Å²) in [5.41, 5.74) is 1.02. The lowest BCUT2D eigenvalue weighted by atomic mass is 10.1. The molecule has 1 fully saturated rings. The van der Waals surface area contributed by atoms with E-state index in [0.717, 1.165) is 32.0 Å². The maximum absolute atomic E-state index is 10.9. The van der Waals surface area contributed by atoms with Crippen molar-refractivity contribution in [2.45, 2.75) is 13.3 Å². The number of rotatable bonds is 5. The van der Waals surface area contributed by atoms with Crippen LogP contribution in [-0.4, -0.2) is 64.3 Å². The summed E-state index contributed by atoms with van der Waals surface area (Å²) in [7, 11) is 2.10. The number of aliphatic carboxylic acids is 1. The molecular formula is C18H23N5O3. The van der Waals surface area contributed by atoms with Gasteiger partial charge >= 0.3 is 5.97 Å². The number of aromatic hydroxyl groups is 1. The van der Waals surface area contributed by atoms with Crippen LogP contribution in [0.5, 0.6) is 5.75 Å². The molecule has 0 aliphatic carbocycles. The minimum absolute atomic E-state index is 0.0385. The lowest BCUT2D eigenvalue weighted by Crippen LogP contribution is -2.44. The Morgan fingerprint density at radius 1 is 1.19 bits per heavy atom. The smallest absolute Gasteiger partial charge is 0.307 e. The predicted octanol–water partition coefficient (Wildman–Crippen LogP) is 1.61. The lowest BCUT2D eigenvalue weighted by molar-refractivity contribution is -0.136. The Labute approximate surface area is 152 Å². The van der Waals surface area contributed by atoms with E-state index in [4.69, 9.17) is 5.11 Å². The molecular weight excluding hydrogens is 334 g/mol. The Balaban J connectivity index is 1.83. The molecule has 0 radical (unpaired) electrons. The van der Waals surface area contributed by atoms with Crippen molar-refractivity contribution in [1.82, 2.24) is 14.9 Å². The number of likely N-dealkylation sites (N-methyl/N-ethyl adjacent to an activating group) is 1. The van der Waals surface area contributed by atoms with Gasteiger partial charge in [-0.15, -0.1) is 0 Å². The van der Waals surface area contributed by atoms with Gasteiger partial charge in [0, 0.05) is 32.2 Å². The molecule has 2 heterocycles. The molecule has 8 nitrogen and oxygen atoms in total. The predicted molar refractivity (Wildman–Crippen MR) is 99.2 cm³/mol. The van der Waals surface area contributed by atoms with Crippen LogP contribution in [0.25, 0.3) is 0 Å². The first kappa shape index (κ1) is 17.9. The van der Waals surface area contributed by atoms with Crippen LogP contribution in [0.2, 0.25) is 0 Å². The van der Waals surface area contributed by atoms with E-state index in [2.05, 4.69) is 32.1 Å². The number of phenolic OH excluding ortho intramolecular Hbond substituents is 1. The van der Waals surface area contributed by atoms with Gasteiger partial charge in [0.05, 0.1) is 12.1 Å². The molecule has 0 saturated carbocycles. The van der Waals surface area contributed by atoms with E-state index < -0.39 is 5.97 Å². The highest BCUT2D eigenvalue weighted by molar-refractivity contribution is 5.73. The first-order valence-electron chi connectivity index (χ1n) is 8.50. The number of anilines is 3. The molecule has 3 N–H and O–H groups in total. The van der Waals surface area contributed by atoms with Crippen molar-refractivity contribution in [3.05, 3.63) is 35.7 Å². The summed E-state index contributed by atoms with van der Waals surface area (Å²) < 4.78 is 0. The van der Waals surface area contributed by atoms with Crippen molar-refractivity contribution < 1.29 is 15.0 Å². The molecule has 1 aliphatic rings. The van der Waals surface area contributed by atoms with Gasteiger partial charge in [-0.3, -0.25) is 4.79 Å². The fourth-order valence-corrected chi connectivity index (χ4v) is 2.92. The summed E-state index contributed by atoms with van der Waals surface area (Å²) in [6.07, 6.45) is -0.107. The summed E-state index contributed by atoms with van der Waals surface area (Å²) in [6.45, 7) is 5.57. The Hall–Kier alpha value is -2.87. The van der Waals surface area contributed by atoms with Crippen LogP contribution in [-0.2, 0) is 11.2 Å². The number of aryl methyl sites for hydroxylation is 1. The Morgan fingerprint density at radius 2 is 1.92 bits per heavy atom. The van der Waals surface area contributed by atoms with Crippen LogP contribution in [0.4, 0.5) is 17.3 Å². The maximum Gasteiger partial charge on any atom is 0.307 e. The average molecular weight is 357 g/mol. The summed E-state index contributed by atoms with van der Waals surface area (Å²) >= 11 is 0. The minimum atomic E-state index is -0.920. The average Bonchev–Trinajstić information content (AvgIpc) is 2.57. The van der Waals surface area contributed by atoms with Crippen LogP contribution >= 0.6 is 0 Å². The molecule has 0 atom stereocenters. The first-order chi connectivity index (χ1) is 12.4. The standard InChI is InChI=1S/C18H23N5O3/c1-12-19-16(11-17(20-12)23-7-5-22(2)6-8-23)21-14-9-13(10-18(25)26)3-4-15(14)24/h3-4,9,11,24H,5-8,10H2,1-2H3,(H,25,26)(H,19,20,21). The molecule has 8 heteroatoms. The molecule has 1 aliphatic heterocycles. The highest BCUT2D eigenvalue weighted by Gasteiger charge is 2.17. The molecule has 1 aromatic carbocycles. The van der Waals surface area contributed by atoms with Gasteiger partial charge in [0.1, 0.15) is 23.2 Å². The molecule has 1 aromatic heterocycles. The second-order valence-corrected chi connectivity index (χ2v) is 6.50. The van der Waals surface area contributed by atoms with E-state index in [1.807, 2.05) is 13.0 Å². The number of piperazine rings is 1.